The molecule has 1 aliphatic rings. The minimum absolute atomic E-state index is 0.00704. The quantitative estimate of drug-likeness (QED) is 0.904. The summed E-state index contributed by atoms with van der Waals surface area (Å²) in [6, 6.07) is 1.95. The van der Waals surface area contributed by atoms with E-state index < -0.39 is 17.8 Å². The van der Waals surface area contributed by atoms with Crippen molar-refractivity contribution in [2.24, 2.45) is 0 Å². The van der Waals surface area contributed by atoms with Crippen LogP contribution in [0.2, 0.25) is 5.02 Å². The van der Waals surface area contributed by atoms with E-state index in [1.165, 1.54) is 6.07 Å². The van der Waals surface area contributed by atoms with Crippen LogP contribution < -0.4 is 10.1 Å². The van der Waals surface area contributed by atoms with Crippen molar-refractivity contribution < 1.29 is 22.7 Å². The van der Waals surface area contributed by atoms with E-state index in [0.29, 0.717) is 18.0 Å². The molecule has 1 N–H and O–H groups in total. The number of rotatable bonds is 3. The molecule has 0 saturated heterocycles. The Morgan fingerprint density at radius 2 is 2.12 bits per heavy atom. The van der Waals surface area contributed by atoms with Crippen molar-refractivity contribution in [1.29, 1.82) is 0 Å². The van der Waals surface area contributed by atoms with Crippen LogP contribution in [0.15, 0.2) is 18.3 Å². The number of hydrogen-bond acceptors (Lipinski definition) is 4. The van der Waals surface area contributed by atoms with Crippen LogP contribution in [0.25, 0.3) is 0 Å². The molecule has 24 heavy (non-hydrogen) atoms. The van der Waals surface area contributed by atoms with Crippen molar-refractivity contribution in [2.75, 3.05) is 0 Å². The second-order valence-corrected chi connectivity index (χ2v) is 5.78. The number of nitrogens with zero attached hydrogens (tertiary/aromatic N) is 3. The third-order valence-electron chi connectivity index (χ3n) is 3.30. The lowest BCUT2D eigenvalue weighted by Gasteiger charge is -2.08. The lowest BCUT2D eigenvalue weighted by molar-refractivity contribution is -0.137. The molecule has 128 valence electrons. The Morgan fingerprint density at radius 1 is 1.42 bits per heavy atom. The standard InChI is InChI=1S/C14H12ClF3N4O2/c1-7-4-11(21-22(7)13(23)20-9-2-3-9)24-12-10(15)5-8(6-19-12)14(16,17)18/h4-6,9H,2-3H2,1H3,(H,20,23). The van der Waals surface area contributed by atoms with Gasteiger partial charge in [-0.25, -0.2) is 9.78 Å². The van der Waals surface area contributed by atoms with Gasteiger partial charge in [0.15, 0.2) is 0 Å². The second-order valence-electron chi connectivity index (χ2n) is 5.37. The molecule has 10 heteroatoms. The average Bonchev–Trinajstić information content (AvgIpc) is 3.21. The molecule has 2 aromatic heterocycles. The van der Waals surface area contributed by atoms with Gasteiger partial charge in [0, 0.05) is 18.3 Å². The third-order valence-corrected chi connectivity index (χ3v) is 3.57. The zero-order chi connectivity index (χ0) is 17.5. The van der Waals surface area contributed by atoms with E-state index in [-0.39, 0.29) is 22.8 Å². The number of amides is 1. The fourth-order valence-electron chi connectivity index (χ4n) is 1.92. The Bertz CT molecular complexity index is 787. The molecule has 3 rings (SSSR count). The molecule has 1 amide bonds. The first kappa shape index (κ1) is 16.6. The van der Waals surface area contributed by atoms with Crippen molar-refractivity contribution in [3.63, 3.8) is 0 Å². The summed E-state index contributed by atoms with van der Waals surface area (Å²) >= 11 is 5.77. The number of aromatic nitrogens is 3. The molecule has 0 spiro atoms. The van der Waals surface area contributed by atoms with Gasteiger partial charge in [-0.1, -0.05) is 11.6 Å². The molecule has 0 aliphatic heterocycles. The number of carbonyl (C=O) groups excluding carboxylic acids is 1. The lowest BCUT2D eigenvalue weighted by Crippen LogP contribution is -2.31. The predicted octanol–water partition coefficient (Wildman–Crippen LogP) is 3.77. The molecular weight excluding hydrogens is 349 g/mol. The summed E-state index contributed by atoms with van der Waals surface area (Å²) in [4.78, 5) is 15.5. The summed E-state index contributed by atoms with van der Waals surface area (Å²) in [7, 11) is 0. The van der Waals surface area contributed by atoms with Gasteiger partial charge < -0.3 is 10.1 Å². The van der Waals surface area contributed by atoms with Crippen LogP contribution in [0.5, 0.6) is 11.8 Å². The highest BCUT2D eigenvalue weighted by Gasteiger charge is 2.32. The van der Waals surface area contributed by atoms with Gasteiger partial charge in [0.25, 0.3) is 0 Å². The molecular formula is C14H12ClF3N4O2. The first-order valence-corrected chi connectivity index (χ1v) is 7.40. The molecule has 6 nitrogen and oxygen atoms in total. The van der Waals surface area contributed by atoms with Crippen LogP contribution in [0.4, 0.5) is 18.0 Å². The van der Waals surface area contributed by atoms with E-state index in [4.69, 9.17) is 16.3 Å². The fraction of sp³-hybridized carbons (Fsp3) is 0.357. The van der Waals surface area contributed by atoms with Crippen LogP contribution in [0.3, 0.4) is 0 Å². The van der Waals surface area contributed by atoms with Gasteiger partial charge in [0.1, 0.15) is 5.02 Å². The van der Waals surface area contributed by atoms with Gasteiger partial charge in [-0.05, 0) is 25.8 Å². The van der Waals surface area contributed by atoms with E-state index in [1.54, 1.807) is 6.92 Å². The van der Waals surface area contributed by atoms with E-state index in [0.717, 1.165) is 17.5 Å². The van der Waals surface area contributed by atoms with Crippen LogP contribution in [-0.4, -0.2) is 26.8 Å². The van der Waals surface area contributed by atoms with Crippen molar-refractivity contribution in [3.8, 4) is 11.8 Å². The molecule has 0 bridgehead atoms. The fourth-order valence-corrected chi connectivity index (χ4v) is 2.12. The summed E-state index contributed by atoms with van der Waals surface area (Å²) in [5.41, 5.74) is -0.475. The first-order chi connectivity index (χ1) is 11.2. The monoisotopic (exact) mass is 360 g/mol. The Balaban J connectivity index is 1.77. The molecule has 1 aliphatic carbocycles. The average molecular weight is 361 g/mol. The molecule has 0 atom stereocenters. The summed E-state index contributed by atoms with van der Waals surface area (Å²) in [5, 5.41) is 6.42. The van der Waals surface area contributed by atoms with Crippen molar-refractivity contribution in [2.45, 2.75) is 32.0 Å². The maximum Gasteiger partial charge on any atom is 0.417 e. The summed E-state index contributed by atoms with van der Waals surface area (Å²) in [6.07, 6.45) is -2.07. The Hall–Kier alpha value is -2.29. The lowest BCUT2D eigenvalue weighted by atomic mass is 10.3. The molecule has 0 unspecified atom stereocenters. The Labute approximate surface area is 139 Å². The Morgan fingerprint density at radius 3 is 2.71 bits per heavy atom. The maximum atomic E-state index is 12.6. The summed E-state index contributed by atoms with van der Waals surface area (Å²) in [5.74, 6) is -0.218. The summed E-state index contributed by atoms with van der Waals surface area (Å²) < 4.78 is 44.1. The van der Waals surface area contributed by atoms with Crippen molar-refractivity contribution in [3.05, 3.63) is 34.6 Å². The zero-order valence-corrected chi connectivity index (χ0v) is 13.1. The maximum absolute atomic E-state index is 12.6. The number of alkyl halides is 3. The minimum Gasteiger partial charge on any atom is -0.417 e. The van der Waals surface area contributed by atoms with Crippen molar-refractivity contribution >= 4 is 17.6 Å². The number of hydrogen-bond donors (Lipinski definition) is 1. The van der Waals surface area contributed by atoms with Gasteiger partial charge in [0.05, 0.1) is 11.3 Å². The molecule has 0 radical (unpaired) electrons. The van der Waals surface area contributed by atoms with E-state index >= 15 is 0 Å². The van der Waals surface area contributed by atoms with Gasteiger partial charge in [-0.3, -0.25) is 0 Å². The number of carbonyl (C=O) groups is 1. The van der Waals surface area contributed by atoms with Crippen molar-refractivity contribution in [1.82, 2.24) is 20.1 Å². The smallest absolute Gasteiger partial charge is 0.417 e. The van der Waals surface area contributed by atoms with E-state index in [1.807, 2.05) is 0 Å². The highest BCUT2D eigenvalue weighted by Crippen LogP contribution is 2.34. The molecule has 2 aromatic rings. The topological polar surface area (TPSA) is 69.0 Å². The highest BCUT2D eigenvalue weighted by atomic mass is 35.5. The Kier molecular flexibility index (Phi) is 4.12. The van der Waals surface area contributed by atoms with Crippen LogP contribution in [-0.2, 0) is 6.18 Å². The van der Waals surface area contributed by atoms with Crippen LogP contribution in [0.1, 0.15) is 24.1 Å². The van der Waals surface area contributed by atoms with Gasteiger partial charge in [-0.15, -0.1) is 5.10 Å². The predicted molar refractivity (Wildman–Crippen MR) is 78.2 cm³/mol. The van der Waals surface area contributed by atoms with Gasteiger partial charge in [0.2, 0.25) is 11.8 Å². The zero-order valence-electron chi connectivity index (χ0n) is 12.4. The van der Waals surface area contributed by atoms with E-state index in [2.05, 4.69) is 15.4 Å². The molecule has 1 saturated carbocycles. The second kappa shape index (κ2) is 5.97. The number of aryl methyl sites for hydroxylation is 1. The molecule has 0 aromatic carbocycles. The van der Waals surface area contributed by atoms with Crippen LogP contribution in [0, 0.1) is 6.92 Å². The largest absolute Gasteiger partial charge is 0.417 e. The van der Waals surface area contributed by atoms with Gasteiger partial charge >= 0.3 is 12.2 Å². The molecule has 1 fully saturated rings. The summed E-state index contributed by atoms with van der Waals surface area (Å²) in [6.45, 7) is 1.65. The number of pyridine rings is 1. The first-order valence-electron chi connectivity index (χ1n) is 7.02. The van der Waals surface area contributed by atoms with E-state index in [9.17, 15) is 18.0 Å². The SMILES string of the molecule is Cc1cc(Oc2ncc(C(F)(F)F)cc2Cl)nn1C(=O)NC1CC1. The number of halogens is 4. The van der Waals surface area contributed by atoms with Crippen LogP contribution >= 0.6 is 11.6 Å². The molecule has 2 heterocycles. The number of nitrogens with one attached hydrogen (secondary N) is 1. The number of ether oxygens (including phenoxy) is 1. The highest BCUT2D eigenvalue weighted by molar-refractivity contribution is 6.31. The third kappa shape index (κ3) is 3.61. The minimum atomic E-state index is -4.55. The normalized spacial score (nSPS) is 14.5. The van der Waals surface area contributed by atoms with Gasteiger partial charge in [-0.2, -0.15) is 17.9 Å².